The van der Waals surface area contributed by atoms with Gasteiger partial charge in [0.1, 0.15) is 23.7 Å². The summed E-state index contributed by atoms with van der Waals surface area (Å²) in [5.74, 6) is 1.26. The highest BCUT2D eigenvalue weighted by Gasteiger charge is 2.36. The standard InChI is InChI=1S/C38H42N8O6.4H2S/c1-22(39-21-52-51-4)36(47)45-17-5-7-32(45)34-41-28-15-13-26(19-30(28)43-34)24-9-11-25(12-10-24)27-14-16-29-31(20-27)44-35(42-29)33-8-6-18-46(33)37(48)23(2)40-38(49)50-3;;;;/h9-16,19-23,32-33H,5-8,17-18H2,1-4H3,(H,40,49)(H,41,43)(H,42,44);4*1H2/t22-,23-,32-,33-;;;;/m0..../s1. The van der Waals surface area contributed by atoms with Gasteiger partial charge in [0, 0.05) is 13.1 Å². The quantitative estimate of drug-likeness (QED) is 0.0639. The van der Waals surface area contributed by atoms with Crippen LogP contribution >= 0.6 is 54.0 Å². The third-order valence-electron chi connectivity index (χ3n) is 9.93. The predicted molar refractivity (Wildman–Crippen MR) is 237 cm³/mol. The number of alkyl carbamates (subject to hydrolysis) is 1. The molecule has 0 aliphatic carbocycles. The topological polar surface area (TPSA) is 167 Å². The molecule has 0 radical (unpaired) electrons. The fourth-order valence-electron chi connectivity index (χ4n) is 7.23. The van der Waals surface area contributed by atoms with Gasteiger partial charge < -0.3 is 34.7 Å². The van der Waals surface area contributed by atoms with Gasteiger partial charge in [-0.25, -0.2) is 19.8 Å². The Morgan fingerprint density at radius 2 is 1.21 bits per heavy atom. The highest BCUT2D eigenvalue weighted by molar-refractivity contribution is 7.59. The van der Waals surface area contributed by atoms with Crippen LogP contribution in [0.3, 0.4) is 0 Å². The molecule has 18 heteroatoms. The van der Waals surface area contributed by atoms with E-state index in [-0.39, 0.29) is 77.9 Å². The number of likely N-dealkylation sites (tertiary alicyclic amines) is 2. The summed E-state index contributed by atoms with van der Waals surface area (Å²) in [5, 5.41) is 2.57. The summed E-state index contributed by atoms with van der Waals surface area (Å²) >= 11 is 0. The molecule has 4 heterocycles. The van der Waals surface area contributed by atoms with E-state index in [4.69, 9.17) is 14.9 Å². The number of aromatic nitrogens is 4. The van der Waals surface area contributed by atoms with Crippen LogP contribution in [-0.2, 0) is 24.1 Å². The molecule has 7 rings (SSSR count). The van der Waals surface area contributed by atoms with Crippen LogP contribution in [-0.4, -0.2) is 93.4 Å². The van der Waals surface area contributed by atoms with Gasteiger partial charge in [-0.1, -0.05) is 36.4 Å². The van der Waals surface area contributed by atoms with Crippen LogP contribution in [0.25, 0.3) is 44.3 Å². The Bertz CT molecular complexity index is 2150. The van der Waals surface area contributed by atoms with Gasteiger partial charge in [-0.3, -0.25) is 9.59 Å². The van der Waals surface area contributed by atoms with Crippen molar-refractivity contribution in [2.75, 3.05) is 27.3 Å². The predicted octanol–water partition coefficient (Wildman–Crippen LogP) is 6.29. The van der Waals surface area contributed by atoms with Crippen LogP contribution < -0.4 is 5.32 Å². The maximum absolute atomic E-state index is 13.2. The Labute approximate surface area is 353 Å². The SMILES string of the molecule is COOC=N[C@@H](C)C(=O)N1CCC[C@H]1c1nc2ccc(-c3ccc(-c4ccc5nc([C@@H]6CCCN6C(=O)[C@H](C)NC(=O)OC)[nH]c5c4)cc3)cc2[nH]1.S.S.S.S. The average Bonchev–Trinajstić information content (AvgIpc) is 3.99. The Hall–Kier alpha value is -4.36. The molecule has 3 amide bonds. The largest absolute Gasteiger partial charge is 0.453 e. The van der Waals surface area contributed by atoms with Crippen molar-refractivity contribution in [3.05, 3.63) is 72.3 Å². The smallest absolute Gasteiger partial charge is 0.407 e. The van der Waals surface area contributed by atoms with Gasteiger partial charge in [0.15, 0.2) is 0 Å². The number of aromatic amines is 2. The molecule has 4 atom stereocenters. The highest BCUT2D eigenvalue weighted by atomic mass is 32.1. The van der Waals surface area contributed by atoms with Crippen LogP contribution in [0.4, 0.5) is 4.79 Å². The summed E-state index contributed by atoms with van der Waals surface area (Å²) in [6.07, 6.45) is 3.86. The second kappa shape index (κ2) is 20.2. The summed E-state index contributed by atoms with van der Waals surface area (Å²) in [4.78, 5) is 71.6. The number of rotatable bonds is 10. The van der Waals surface area contributed by atoms with Gasteiger partial charge in [-0.05, 0) is 86.1 Å². The van der Waals surface area contributed by atoms with E-state index < -0.39 is 18.2 Å². The Kier molecular flexibility index (Phi) is 16.6. The molecule has 0 saturated carbocycles. The van der Waals surface area contributed by atoms with Gasteiger partial charge >= 0.3 is 6.09 Å². The van der Waals surface area contributed by atoms with Gasteiger partial charge in [0.05, 0.1) is 48.4 Å². The van der Waals surface area contributed by atoms with Crippen LogP contribution in [0.5, 0.6) is 0 Å². The molecule has 3 N–H and O–H groups in total. The summed E-state index contributed by atoms with van der Waals surface area (Å²) in [6, 6.07) is 19.1. The van der Waals surface area contributed by atoms with Crippen molar-refractivity contribution in [2.45, 2.75) is 63.7 Å². The third kappa shape index (κ3) is 9.59. The molecule has 2 aromatic heterocycles. The minimum atomic E-state index is -0.705. The molecule has 5 aromatic rings. The van der Waals surface area contributed by atoms with Crippen LogP contribution in [0.15, 0.2) is 65.7 Å². The number of methoxy groups -OCH3 is 1. The average molecular weight is 843 g/mol. The zero-order chi connectivity index (χ0) is 36.4. The molecule has 56 heavy (non-hydrogen) atoms. The van der Waals surface area contributed by atoms with Crippen molar-refractivity contribution in [1.29, 1.82) is 0 Å². The lowest BCUT2D eigenvalue weighted by atomic mass is 10.00. The van der Waals surface area contributed by atoms with E-state index in [0.717, 1.165) is 88.1 Å². The zero-order valence-corrected chi connectivity index (χ0v) is 35.6. The number of nitrogens with one attached hydrogen (secondary N) is 3. The number of nitrogens with zero attached hydrogens (tertiary/aromatic N) is 5. The number of hydrogen-bond acceptors (Lipinski definition) is 9. The van der Waals surface area contributed by atoms with Crippen molar-refractivity contribution in [1.82, 2.24) is 35.1 Å². The summed E-state index contributed by atoms with van der Waals surface area (Å²) < 4.78 is 4.66. The summed E-state index contributed by atoms with van der Waals surface area (Å²) in [7, 11) is 2.66. The van der Waals surface area contributed by atoms with Crippen molar-refractivity contribution < 1.29 is 28.9 Å². The van der Waals surface area contributed by atoms with Gasteiger partial charge in [-0.15, -0.1) is 0 Å². The molecule has 0 bridgehead atoms. The van der Waals surface area contributed by atoms with Crippen LogP contribution in [0.1, 0.15) is 63.3 Å². The molecule has 0 spiro atoms. The number of aliphatic imine (C=N–C) groups is 1. The van der Waals surface area contributed by atoms with Crippen molar-refractivity contribution in [2.24, 2.45) is 4.99 Å². The normalized spacial score (nSPS) is 17.4. The Balaban J connectivity index is 0.00000210. The van der Waals surface area contributed by atoms with Gasteiger partial charge in [0.2, 0.25) is 18.2 Å². The third-order valence-corrected chi connectivity index (χ3v) is 9.93. The zero-order valence-electron chi connectivity index (χ0n) is 31.6. The van der Waals surface area contributed by atoms with Crippen molar-refractivity contribution in [3.8, 4) is 22.3 Å². The number of imidazole rings is 2. The molecule has 2 aliphatic heterocycles. The fourth-order valence-corrected chi connectivity index (χ4v) is 7.23. The first-order chi connectivity index (χ1) is 25.2. The summed E-state index contributed by atoms with van der Waals surface area (Å²) in [6.45, 7) is 4.64. The lowest BCUT2D eigenvalue weighted by Gasteiger charge is -2.26. The lowest BCUT2D eigenvalue weighted by molar-refractivity contribution is -0.188. The number of ether oxygens (including phenoxy) is 1. The molecule has 2 aliphatic rings. The van der Waals surface area contributed by atoms with E-state index in [0.29, 0.717) is 13.1 Å². The number of carbonyl (C=O) groups excluding carboxylic acids is 3. The molecule has 0 unspecified atom stereocenters. The number of hydrogen-bond donors (Lipinski definition) is 3. The first-order valence-corrected chi connectivity index (χ1v) is 17.5. The second-order valence-electron chi connectivity index (χ2n) is 13.2. The van der Waals surface area contributed by atoms with E-state index in [2.05, 4.69) is 78.4 Å². The molecule has 14 nitrogen and oxygen atoms in total. The number of H-pyrrole nitrogens is 2. The molecular weight excluding hydrogens is 793 g/mol. The molecule has 2 saturated heterocycles. The Morgan fingerprint density at radius 3 is 1.68 bits per heavy atom. The van der Waals surface area contributed by atoms with Gasteiger partial charge in [-0.2, -0.15) is 58.9 Å². The molecular formula is C38H50N8O6S4. The van der Waals surface area contributed by atoms with E-state index in [1.54, 1.807) is 18.7 Å². The maximum atomic E-state index is 13.2. The first kappa shape index (κ1) is 46.0. The highest BCUT2D eigenvalue weighted by Crippen LogP contribution is 2.35. The first-order valence-electron chi connectivity index (χ1n) is 17.5. The second-order valence-corrected chi connectivity index (χ2v) is 13.2. The van der Waals surface area contributed by atoms with Crippen LogP contribution in [0.2, 0.25) is 0 Å². The van der Waals surface area contributed by atoms with E-state index in [1.165, 1.54) is 14.2 Å². The number of carbonyl (C=O) groups is 3. The van der Waals surface area contributed by atoms with Crippen molar-refractivity contribution >= 4 is 100 Å². The van der Waals surface area contributed by atoms with E-state index in [9.17, 15) is 14.4 Å². The number of amides is 3. The fraction of sp³-hybridized carbons (Fsp3) is 0.368. The van der Waals surface area contributed by atoms with Crippen molar-refractivity contribution in [3.63, 3.8) is 0 Å². The monoisotopic (exact) mass is 842 g/mol. The van der Waals surface area contributed by atoms with Crippen LogP contribution in [0, 0.1) is 0 Å². The van der Waals surface area contributed by atoms with E-state index >= 15 is 0 Å². The maximum Gasteiger partial charge on any atom is 0.407 e. The minimum absolute atomic E-state index is 0. The van der Waals surface area contributed by atoms with Gasteiger partial charge in [0.25, 0.3) is 0 Å². The summed E-state index contributed by atoms with van der Waals surface area (Å²) in [5.41, 5.74) is 7.69. The number of fused-ring (bicyclic) bond motifs is 2. The lowest BCUT2D eigenvalue weighted by Crippen LogP contribution is -2.46. The minimum Gasteiger partial charge on any atom is -0.453 e. The molecule has 2 fully saturated rings. The molecule has 3 aromatic carbocycles. The number of benzene rings is 3. The Morgan fingerprint density at radius 1 is 0.750 bits per heavy atom. The van der Waals surface area contributed by atoms with E-state index in [1.807, 2.05) is 17.0 Å². The molecule has 302 valence electrons.